The quantitative estimate of drug-likeness (QED) is 0.181. The molecular formula is C45H30. The second kappa shape index (κ2) is 8.80. The molecule has 0 heteroatoms. The van der Waals surface area contributed by atoms with E-state index in [2.05, 4.69) is 159 Å². The van der Waals surface area contributed by atoms with Gasteiger partial charge < -0.3 is 0 Å². The molecule has 1 aliphatic rings. The van der Waals surface area contributed by atoms with Crippen LogP contribution >= 0.6 is 0 Å². The van der Waals surface area contributed by atoms with Crippen LogP contribution in [0.4, 0.5) is 0 Å². The van der Waals surface area contributed by atoms with Gasteiger partial charge in [-0.3, -0.25) is 0 Å². The highest BCUT2D eigenvalue weighted by molar-refractivity contribution is 6.23. The summed E-state index contributed by atoms with van der Waals surface area (Å²) in [5.41, 5.74) is 10.6. The van der Waals surface area contributed by atoms with Crippen molar-refractivity contribution in [2.45, 2.75) is 19.3 Å². The summed E-state index contributed by atoms with van der Waals surface area (Å²) in [6.45, 7) is 4.76. The Balaban J connectivity index is 1.18. The molecule has 0 aromatic heterocycles. The van der Waals surface area contributed by atoms with Crippen molar-refractivity contribution in [2.75, 3.05) is 0 Å². The van der Waals surface area contributed by atoms with E-state index >= 15 is 0 Å². The fourth-order valence-electron chi connectivity index (χ4n) is 8.32. The van der Waals surface area contributed by atoms with Gasteiger partial charge in [0.2, 0.25) is 0 Å². The van der Waals surface area contributed by atoms with Gasteiger partial charge in [-0.2, -0.15) is 0 Å². The Kier molecular flexibility index (Phi) is 4.88. The Bertz CT molecular complexity index is 2600. The molecule has 0 bridgehead atoms. The van der Waals surface area contributed by atoms with Crippen LogP contribution in [0.25, 0.3) is 87.2 Å². The molecule has 0 unspecified atom stereocenters. The normalized spacial score (nSPS) is 13.7. The summed E-state index contributed by atoms with van der Waals surface area (Å²) < 4.78 is 0. The van der Waals surface area contributed by atoms with Crippen molar-refractivity contribution in [3.8, 4) is 33.4 Å². The van der Waals surface area contributed by atoms with Gasteiger partial charge in [-0.05, 0) is 123 Å². The van der Waals surface area contributed by atoms with Gasteiger partial charge in [0, 0.05) is 5.41 Å². The Labute approximate surface area is 262 Å². The van der Waals surface area contributed by atoms with Crippen LogP contribution in [-0.4, -0.2) is 0 Å². The van der Waals surface area contributed by atoms with Crippen LogP contribution in [0.1, 0.15) is 25.0 Å². The number of fused-ring (bicyclic) bond motifs is 6. The predicted molar refractivity (Wildman–Crippen MR) is 194 cm³/mol. The van der Waals surface area contributed by atoms with Crippen molar-refractivity contribution in [1.82, 2.24) is 0 Å². The Morgan fingerprint density at radius 3 is 1.76 bits per heavy atom. The fourth-order valence-corrected chi connectivity index (χ4v) is 8.32. The highest BCUT2D eigenvalue weighted by Gasteiger charge is 2.36. The zero-order valence-electron chi connectivity index (χ0n) is 25.4. The van der Waals surface area contributed by atoms with Crippen molar-refractivity contribution >= 4 is 53.9 Å². The summed E-state index contributed by atoms with van der Waals surface area (Å²) in [7, 11) is 0. The summed E-state index contributed by atoms with van der Waals surface area (Å²) in [6, 6.07) is 54.7. The zero-order valence-corrected chi connectivity index (χ0v) is 25.4. The molecule has 0 saturated heterocycles. The summed E-state index contributed by atoms with van der Waals surface area (Å²) in [5.74, 6) is 0. The van der Waals surface area contributed by atoms with E-state index in [-0.39, 0.29) is 5.41 Å². The first-order valence-electron chi connectivity index (χ1n) is 15.9. The Morgan fingerprint density at radius 1 is 0.356 bits per heavy atom. The van der Waals surface area contributed by atoms with E-state index < -0.39 is 0 Å². The molecule has 0 fully saturated rings. The lowest BCUT2D eigenvalue weighted by Crippen LogP contribution is -2.14. The Morgan fingerprint density at radius 2 is 0.956 bits per heavy atom. The van der Waals surface area contributed by atoms with E-state index in [9.17, 15) is 0 Å². The van der Waals surface area contributed by atoms with Gasteiger partial charge in [0.05, 0.1) is 0 Å². The molecule has 0 radical (unpaired) electrons. The van der Waals surface area contributed by atoms with Crippen molar-refractivity contribution < 1.29 is 0 Å². The fraction of sp³-hybridized carbons (Fsp3) is 0.0667. The minimum atomic E-state index is -0.0657. The maximum absolute atomic E-state index is 2.46. The van der Waals surface area contributed by atoms with Crippen LogP contribution in [0, 0.1) is 0 Å². The highest BCUT2D eigenvalue weighted by Crippen LogP contribution is 2.53. The summed E-state index contributed by atoms with van der Waals surface area (Å²) in [6.07, 6.45) is 0. The topological polar surface area (TPSA) is 0 Å². The summed E-state index contributed by atoms with van der Waals surface area (Å²) in [4.78, 5) is 0. The average molecular weight is 571 g/mol. The van der Waals surface area contributed by atoms with Gasteiger partial charge >= 0.3 is 0 Å². The number of benzene rings is 9. The maximum Gasteiger partial charge on any atom is 0.0159 e. The van der Waals surface area contributed by atoms with Crippen molar-refractivity contribution in [3.63, 3.8) is 0 Å². The monoisotopic (exact) mass is 570 g/mol. The minimum Gasteiger partial charge on any atom is -0.0616 e. The first-order valence-corrected chi connectivity index (χ1v) is 15.9. The largest absolute Gasteiger partial charge is 0.0616 e. The first-order chi connectivity index (χ1) is 22.0. The van der Waals surface area contributed by atoms with E-state index in [4.69, 9.17) is 0 Å². The van der Waals surface area contributed by atoms with Gasteiger partial charge in [0.1, 0.15) is 0 Å². The van der Waals surface area contributed by atoms with Gasteiger partial charge in [-0.25, -0.2) is 0 Å². The highest BCUT2D eigenvalue weighted by atomic mass is 14.4. The second-order valence-electron chi connectivity index (χ2n) is 13.3. The molecule has 0 atom stereocenters. The Hall–Kier alpha value is -5.46. The van der Waals surface area contributed by atoms with E-state index in [1.165, 1.54) is 98.4 Å². The number of rotatable bonds is 2. The SMILES string of the molecule is CC1(C)c2ccc(-c3cc4ccc5cccc6ccc(c3)c4c56)cc2-c2c1ccc1c(-c3ccc4ccccc4c3)cccc21. The van der Waals surface area contributed by atoms with Crippen LogP contribution in [0.2, 0.25) is 0 Å². The van der Waals surface area contributed by atoms with Crippen LogP contribution in [0.15, 0.2) is 146 Å². The smallest absolute Gasteiger partial charge is 0.0159 e. The van der Waals surface area contributed by atoms with Crippen molar-refractivity contribution in [3.05, 3.63) is 157 Å². The molecule has 0 spiro atoms. The van der Waals surface area contributed by atoms with E-state index in [1.54, 1.807) is 0 Å². The lowest BCUT2D eigenvalue weighted by atomic mass is 9.81. The zero-order chi connectivity index (χ0) is 29.9. The molecule has 9 aromatic carbocycles. The first kappa shape index (κ1) is 24.9. The molecule has 1 aliphatic carbocycles. The standard InChI is InChI=1S/C45H30/c1-45(2)40-21-19-31(35-24-33-17-14-28-9-5-10-29-15-18-34(25-35)43(33)42(28)29)26-39(40)44-38-12-6-11-36(37(38)20-22-41(44)45)32-16-13-27-7-3-4-8-30(27)23-32/h3-26H,1-2H3. The van der Waals surface area contributed by atoms with Crippen LogP contribution < -0.4 is 0 Å². The molecular weight excluding hydrogens is 540 g/mol. The summed E-state index contributed by atoms with van der Waals surface area (Å²) in [5, 5.41) is 13.2. The van der Waals surface area contributed by atoms with E-state index in [0.717, 1.165) is 0 Å². The number of hydrogen-bond acceptors (Lipinski definition) is 0. The van der Waals surface area contributed by atoms with Crippen molar-refractivity contribution in [1.29, 1.82) is 0 Å². The second-order valence-corrected chi connectivity index (χ2v) is 13.3. The van der Waals surface area contributed by atoms with Crippen LogP contribution in [-0.2, 0) is 5.41 Å². The lowest BCUT2D eigenvalue weighted by Gasteiger charge is -2.22. The molecule has 9 aromatic rings. The summed E-state index contributed by atoms with van der Waals surface area (Å²) >= 11 is 0. The molecule has 0 aliphatic heterocycles. The maximum atomic E-state index is 2.46. The average Bonchev–Trinajstić information content (AvgIpc) is 3.32. The van der Waals surface area contributed by atoms with Gasteiger partial charge in [-0.15, -0.1) is 0 Å². The van der Waals surface area contributed by atoms with Gasteiger partial charge in [0.15, 0.2) is 0 Å². The van der Waals surface area contributed by atoms with E-state index in [0.29, 0.717) is 0 Å². The third kappa shape index (κ3) is 3.43. The lowest BCUT2D eigenvalue weighted by molar-refractivity contribution is 0.661. The third-order valence-corrected chi connectivity index (χ3v) is 10.6. The molecule has 0 heterocycles. The minimum absolute atomic E-state index is 0.0657. The molecule has 0 amide bonds. The third-order valence-electron chi connectivity index (χ3n) is 10.6. The van der Waals surface area contributed by atoms with Gasteiger partial charge in [0.25, 0.3) is 0 Å². The molecule has 210 valence electrons. The van der Waals surface area contributed by atoms with E-state index in [1.807, 2.05) is 0 Å². The predicted octanol–water partition coefficient (Wildman–Crippen LogP) is 12.5. The molecule has 0 nitrogen and oxygen atoms in total. The molecule has 45 heavy (non-hydrogen) atoms. The van der Waals surface area contributed by atoms with Gasteiger partial charge in [-0.1, -0.05) is 135 Å². The molecule has 10 rings (SSSR count). The van der Waals surface area contributed by atoms with Crippen LogP contribution in [0.3, 0.4) is 0 Å². The van der Waals surface area contributed by atoms with Crippen molar-refractivity contribution in [2.24, 2.45) is 0 Å². The number of hydrogen-bond donors (Lipinski definition) is 0. The molecule has 0 saturated carbocycles. The molecule has 0 N–H and O–H groups in total. The van der Waals surface area contributed by atoms with Crippen LogP contribution in [0.5, 0.6) is 0 Å².